The first-order valence-corrected chi connectivity index (χ1v) is 8.25. The predicted octanol–water partition coefficient (Wildman–Crippen LogP) is 5.30. The molecule has 0 aliphatic carbocycles. The quantitative estimate of drug-likeness (QED) is 0.264. The van der Waals surface area contributed by atoms with Crippen LogP contribution in [0.1, 0.15) is 78.1 Å². The summed E-state index contributed by atoms with van der Waals surface area (Å²) in [6, 6.07) is 0. The first kappa shape index (κ1) is 19.0. The highest BCUT2D eigenvalue weighted by atomic mass is 14.9. The van der Waals surface area contributed by atoms with Gasteiger partial charge in [0, 0.05) is 13.0 Å². The van der Waals surface area contributed by atoms with Gasteiger partial charge < -0.3 is 0 Å². The minimum atomic E-state index is 0.458. The van der Waals surface area contributed by atoms with Crippen molar-refractivity contribution in [2.75, 3.05) is 7.05 Å². The lowest BCUT2D eigenvalue weighted by atomic mass is 9.93. The Kier molecular flexibility index (Phi) is 13.7. The molecule has 0 radical (unpaired) electrons. The molecule has 0 aliphatic rings. The van der Waals surface area contributed by atoms with E-state index >= 15 is 0 Å². The Morgan fingerprint density at radius 3 is 1.90 bits per heavy atom. The number of aliphatic imine (C=N–C) groups is 3. The molecule has 0 aromatic rings. The topological polar surface area (TPSA) is 37.1 Å². The number of hydrogen-bond donors (Lipinski definition) is 0. The summed E-state index contributed by atoms with van der Waals surface area (Å²) in [6.45, 7) is 8.18. The smallest absolute Gasteiger partial charge is 0.132 e. The molecule has 0 rings (SSSR count). The predicted molar refractivity (Wildman–Crippen MR) is 92.4 cm³/mol. The monoisotopic (exact) mass is 279 g/mol. The fourth-order valence-corrected chi connectivity index (χ4v) is 2.43. The van der Waals surface area contributed by atoms with Crippen molar-refractivity contribution in [1.82, 2.24) is 0 Å². The Hall–Kier alpha value is -0.990. The Balaban J connectivity index is 4.37. The first-order valence-electron chi connectivity index (χ1n) is 8.25. The van der Waals surface area contributed by atoms with Crippen molar-refractivity contribution >= 4 is 18.9 Å². The maximum Gasteiger partial charge on any atom is 0.132 e. The van der Waals surface area contributed by atoms with Gasteiger partial charge in [-0.1, -0.05) is 65.2 Å². The second-order valence-corrected chi connectivity index (χ2v) is 5.41. The van der Waals surface area contributed by atoms with Gasteiger partial charge in [0.25, 0.3) is 0 Å². The van der Waals surface area contributed by atoms with Crippen LogP contribution in [0.4, 0.5) is 0 Å². The standard InChI is InChI=1S/C17H33N3/c1-5-7-9-11-13-16(14-12-10-8-6-2)17(19-4)20-15-18-3/h15-16H,4-14H2,1-3H3/b18-15-,20-17-. The van der Waals surface area contributed by atoms with Crippen molar-refractivity contribution < 1.29 is 0 Å². The molecule has 0 aliphatic heterocycles. The number of unbranched alkanes of at least 4 members (excludes halogenated alkanes) is 6. The lowest BCUT2D eigenvalue weighted by Gasteiger charge is -2.16. The SMILES string of the molecule is C=N/C(=N\C=N/C)C(CCCCCC)CCCCCC. The van der Waals surface area contributed by atoms with Gasteiger partial charge in [0.15, 0.2) is 0 Å². The van der Waals surface area contributed by atoms with E-state index in [1.807, 2.05) is 0 Å². The van der Waals surface area contributed by atoms with Crippen LogP contribution in [0.15, 0.2) is 15.0 Å². The van der Waals surface area contributed by atoms with Gasteiger partial charge in [0.2, 0.25) is 0 Å². The van der Waals surface area contributed by atoms with E-state index in [0.717, 1.165) is 5.84 Å². The molecule has 0 N–H and O–H groups in total. The summed E-state index contributed by atoms with van der Waals surface area (Å²) in [5.74, 6) is 1.34. The summed E-state index contributed by atoms with van der Waals surface area (Å²) in [7, 11) is 1.74. The minimum Gasteiger partial charge on any atom is -0.277 e. The fourth-order valence-electron chi connectivity index (χ4n) is 2.43. The van der Waals surface area contributed by atoms with E-state index in [2.05, 4.69) is 35.5 Å². The average Bonchev–Trinajstić information content (AvgIpc) is 2.47. The molecule has 0 saturated carbocycles. The van der Waals surface area contributed by atoms with E-state index in [9.17, 15) is 0 Å². The molecule has 3 heteroatoms. The third-order valence-electron chi connectivity index (χ3n) is 3.64. The summed E-state index contributed by atoms with van der Waals surface area (Å²) < 4.78 is 0. The van der Waals surface area contributed by atoms with Gasteiger partial charge in [-0.2, -0.15) is 0 Å². The molecule has 0 fully saturated rings. The highest BCUT2D eigenvalue weighted by molar-refractivity contribution is 5.93. The van der Waals surface area contributed by atoms with Gasteiger partial charge in [-0.25, -0.2) is 9.98 Å². The summed E-state index contributed by atoms with van der Waals surface area (Å²) in [5.41, 5.74) is 0. The molecule has 0 spiro atoms. The zero-order chi connectivity index (χ0) is 15.1. The van der Waals surface area contributed by atoms with E-state index < -0.39 is 0 Å². The summed E-state index contributed by atoms with van der Waals surface area (Å²) >= 11 is 0. The zero-order valence-electron chi connectivity index (χ0n) is 13.8. The molecule has 0 unspecified atom stereocenters. The zero-order valence-corrected chi connectivity index (χ0v) is 13.8. The Bertz CT molecular complexity index is 270. The lowest BCUT2D eigenvalue weighted by molar-refractivity contribution is 0.492. The molecule has 0 bridgehead atoms. The summed E-state index contributed by atoms with van der Waals surface area (Å²) in [6.07, 6.45) is 14.3. The molecular weight excluding hydrogens is 246 g/mol. The second-order valence-electron chi connectivity index (χ2n) is 5.41. The normalized spacial score (nSPS) is 12.5. The second kappa shape index (κ2) is 14.4. The Labute approximate surface area is 125 Å². The van der Waals surface area contributed by atoms with Crippen LogP contribution in [0.25, 0.3) is 0 Å². The maximum atomic E-state index is 4.35. The highest BCUT2D eigenvalue weighted by Gasteiger charge is 2.14. The molecule has 0 aromatic heterocycles. The van der Waals surface area contributed by atoms with Gasteiger partial charge in [-0.05, 0) is 19.6 Å². The molecule has 0 aromatic carbocycles. The van der Waals surface area contributed by atoms with Crippen LogP contribution >= 0.6 is 0 Å². The molecular formula is C17H33N3. The minimum absolute atomic E-state index is 0.458. The van der Waals surface area contributed by atoms with Crippen molar-refractivity contribution in [2.45, 2.75) is 78.1 Å². The molecule has 0 saturated heterocycles. The van der Waals surface area contributed by atoms with Crippen LogP contribution in [-0.4, -0.2) is 25.9 Å². The highest BCUT2D eigenvalue weighted by Crippen LogP contribution is 2.20. The van der Waals surface area contributed by atoms with Gasteiger partial charge in [0.1, 0.15) is 12.2 Å². The van der Waals surface area contributed by atoms with Crippen molar-refractivity contribution in [2.24, 2.45) is 20.9 Å². The fraction of sp³-hybridized carbons (Fsp3) is 0.824. The maximum absolute atomic E-state index is 4.35. The molecule has 20 heavy (non-hydrogen) atoms. The van der Waals surface area contributed by atoms with Crippen LogP contribution < -0.4 is 0 Å². The number of hydrogen-bond acceptors (Lipinski definition) is 1. The largest absolute Gasteiger partial charge is 0.277 e. The number of rotatable bonds is 12. The first-order chi connectivity index (χ1) is 9.79. The summed E-state index contributed by atoms with van der Waals surface area (Å²) in [4.78, 5) is 12.4. The van der Waals surface area contributed by atoms with E-state index in [1.165, 1.54) is 64.2 Å². The van der Waals surface area contributed by atoms with Crippen molar-refractivity contribution in [3.63, 3.8) is 0 Å². The third kappa shape index (κ3) is 9.88. The van der Waals surface area contributed by atoms with Crippen molar-refractivity contribution in [1.29, 1.82) is 0 Å². The third-order valence-corrected chi connectivity index (χ3v) is 3.64. The molecule has 3 nitrogen and oxygen atoms in total. The van der Waals surface area contributed by atoms with E-state index in [-0.39, 0.29) is 0 Å². The molecule has 0 amide bonds. The van der Waals surface area contributed by atoms with Gasteiger partial charge >= 0.3 is 0 Å². The average molecular weight is 279 g/mol. The van der Waals surface area contributed by atoms with Crippen LogP contribution in [0, 0.1) is 5.92 Å². The van der Waals surface area contributed by atoms with Crippen LogP contribution in [0.5, 0.6) is 0 Å². The van der Waals surface area contributed by atoms with Gasteiger partial charge in [-0.15, -0.1) is 0 Å². The Morgan fingerprint density at radius 2 is 1.50 bits per heavy atom. The molecule has 0 heterocycles. The van der Waals surface area contributed by atoms with Crippen molar-refractivity contribution in [3.8, 4) is 0 Å². The number of nitrogens with zero attached hydrogens (tertiary/aromatic N) is 3. The lowest BCUT2D eigenvalue weighted by Crippen LogP contribution is -2.13. The van der Waals surface area contributed by atoms with Gasteiger partial charge in [-0.3, -0.25) is 4.99 Å². The van der Waals surface area contributed by atoms with Crippen molar-refractivity contribution in [3.05, 3.63) is 0 Å². The Morgan fingerprint density at radius 1 is 0.950 bits per heavy atom. The molecule has 116 valence electrons. The van der Waals surface area contributed by atoms with Crippen LogP contribution in [0.2, 0.25) is 0 Å². The molecule has 0 atom stereocenters. The van der Waals surface area contributed by atoms with Gasteiger partial charge in [0.05, 0.1) is 0 Å². The number of amidine groups is 1. The van der Waals surface area contributed by atoms with E-state index in [1.54, 1.807) is 13.4 Å². The van der Waals surface area contributed by atoms with E-state index in [0.29, 0.717) is 5.92 Å². The van der Waals surface area contributed by atoms with Crippen LogP contribution in [-0.2, 0) is 0 Å². The van der Waals surface area contributed by atoms with E-state index in [4.69, 9.17) is 0 Å². The van der Waals surface area contributed by atoms with Crippen LogP contribution in [0.3, 0.4) is 0 Å². The summed E-state index contributed by atoms with van der Waals surface area (Å²) in [5, 5.41) is 0.